The van der Waals surface area contributed by atoms with Crippen molar-refractivity contribution in [3.63, 3.8) is 0 Å². The number of carbonyl (C=O) groups excluding carboxylic acids is 1. The van der Waals surface area contributed by atoms with E-state index in [4.69, 9.17) is 4.74 Å². The Morgan fingerprint density at radius 2 is 0.595 bits per heavy atom. The van der Waals surface area contributed by atoms with Crippen molar-refractivity contribution in [3.8, 4) is 0 Å². The molecule has 0 rings (SSSR count). The minimum absolute atomic E-state index is 0.116. The van der Waals surface area contributed by atoms with Crippen molar-refractivity contribution in [1.29, 1.82) is 0 Å². The average Bonchev–Trinajstić information content (AvgIpc) is 3.00. The van der Waals surface area contributed by atoms with Gasteiger partial charge in [0.2, 0.25) is 0 Å². The molecular weight excluding hydrogens is 512 g/mol. The third-order valence-electron chi connectivity index (χ3n) is 9.39. The van der Waals surface area contributed by atoms with Crippen LogP contribution in [0.25, 0.3) is 0 Å². The molecule has 0 heterocycles. The van der Waals surface area contributed by atoms with Crippen LogP contribution in [0.2, 0.25) is 0 Å². The van der Waals surface area contributed by atoms with Crippen LogP contribution in [0, 0.1) is 5.92 Å². The molecular formula is C40H80O2. The summed E-state index contributed by atoms with van der Waals surface area (Å²) in [6.07, 6.45) is 45.4. The van der Waals surface area contributed by atoms with Gasteiger partial charge in [-0.15, -0.1) is 0 Å². The third-order valence-corrected chi connectivity index (χ3v) is 9.39. The lowest BCUT2D eigenvalue weighted by atomic mass is 9.94. The molecule has 0 radical (unpaired) electrons. The van der Waals surface area contributed by atoms with Crippen LogP contribution < -0.4 is 0 Å². The minimum atomic E-state index is 0.116. The molecule has 0 aromatic rings. The summed E-state index contributed by atoms with van der Waals surface area (Å²) in [5, 5.41) is 0. The van der Waals surface area contributed by atoms with Crippen molar-refractivity contribution in [2.45, 2.75) is 239 Å². The normalized spacial score (nSPS) is 12.2. The van der Waals surface area contributed by atoms with Crippen molar-refractivity contribution in [2.24, 2.45) is 5.92 Å². The molecule has 42 heavy (non-hydrogen) atoms. The van der Waals surface area contributed by atoms with Gasteiger partial charge in [0.15, 0.2) is 0 Å². The predicted molar refractivity (Wildman–Crippen MR) is 188 cm³/mol. The first-order chi connectivity index (χ1) is 20.8. The number of hydrogen-bond acceptors (Lipinski definition) is 2. The summed E-state index contributed by atoms with van der Waals surface area (Å²) < 4.78 is 5.84. The molecule has 0 aliphatic carbocycles. The molecule has 2 heteroatoms. The monoisotopic (exact) mass is 593 g/mol. The zero-order chi connectivity index (χ0) is 30.6. The molecule has 0 saturated heterocycles. The standard InChI is InChI=1S/C40H80O2/c1-4-7-10-13-16-19-22-23-25-28-31-34-37-39(36-33-30-27-24-20-17-14-11-8-5-2)40(41)42-38-35-32-29-26-21-18-15-12-9-6-3/h39H,4-38H2,1-3H3. The van der Waals surface area contributed by atoms with Gasteiger partial charge in [0.05, 0.1) is 12.5 Å². The minimum Gasteiger partial charge on any atom is -0.465 e. The van der Waals surface area contributed by atoms with Gasteiger partial charge in [0, 0.05) is 0 Å². The maximum absolute atomic E-state index is 13.0. The van der Waals surface area contributed by atoms with E-state index in [1.807, 2.05) is 0 Å². The number of unbranched alkanes of at least 4 members (excludes halogenated alkanes) is 29. The van der Waals surface area contributed by atoms with Crippen LogP contribution in [0.15, 0.2) is 0 Å². The number of hydrogen-bond donors (Lipinski definition) is 0. The summed E-state index contributed by atoms with van der Waals surface area (Å²) in [5.74, 6) is 0.259. The molecule has 2 nitrogen and oxygen atoms in total. The van der Waals surface area contributed by atoms with Gasteiger partial charge in [-0.2, -0.15) is 0 Å². The van der Waals surface area contributed by atoms with E-state index >= 15 is 0 Å². The molecule has 0 N–H and O–H groups in total. The van der Waals surface area contributed by atoms with E-state index in [0.29, 0.717) is 6.61 Å². The van der Waals surface area contributed by atoms with E-state index in [-0.39, 0.29) is 11.9 Å². The molecule has 0 bridgehead atoms. The highest BCUT2D eigenvalue weighted by Crippen LogP contribution is 2.22. The van der Waals surface area contributed by atoms with Gasteiger partial charge in [0.1, 0.15) is 0 Å². The fourth-order valence-electron chi connectivity index (χ4n) is 6.37. The molecule has 0 aliphatic rings. The van der Waals surface area contributed by atoms with E-state index < -0.39 is 0 Å². The second-order valence-corrected chi connectivity index (χ2v) is 13.7. The van der Waals surface area contributed by atoms with Crippen molar-refractivity contribution in [2.75, 3.05) is 6.61 Å². The summed E-state index contributed by atoms with van der Waals surface area (Å²) in [6, 6.07) is 0. The fourth-order valence-corrected chi connectivity index (χ4v) is 6.37. The highest BCUT2D eigenvalue weighted by atomic mass is 16.5. The fraction of sp³-hybridized carbons (Fsp3) is 0.975. The molecule has 0 fully saturated rings. The van der Waals surface area contributed by atoms with Gasteiger partial charge in [-0.05, 0) is 19.3 Å². The molecule has 252 valence electrons. The van der Waals surface area contributed by atoms with Crippen LogP contribution >= 0.6 is 0 Å². The molecule has 1 unspecified atom stereocenters. The molecule has 0 spiro atoms. The first-order valence-corrected chi connectivity index (χ1v) is 19.9. The third kappa shape index (κ3) is 32.4. The van der Waals surface area contributed by atoms with E-state index in [0.717, 1.165) is 19.3 Å². The molecule has 0 aliphatic heterocycles. The average molecular weight is 593 g/mol. The van der Waals surface area contributed by atoms with E-state index in [2.05, 4.69) is 20.8 Å². The maximum atomic E-state index is 13.0. The zero-order valence-corrected chi connectivity index (χ0v) is 29.6. The Kier molecular flexibility index (Phi) is 36.2. The lowest BCUT2D eigenvalue weighted by Crippen LogP contribution is -2.18. The Labute approximate surface area is 266 Å². The molecule has 0 aromatic carbocycles. The maximum Gasteiger partial charge on any atom is 0.308 e. The van der Waals surface area contributed by atoms with E-state index in [1.165, 1.54) is 199 Å². The van der Waals surface area contributed by atoms with E-state index in [1.54, 1.807) is 0 Å². The Balaban J connectivity index is 4.05. The largest absolute Gasteiger partial charge is 0.465 e. The first-order valence-electron chi connectivity index (χ1n) is 19.9. The summed E-state index contributed by atoms with van der Waals surface area (Å²) in [5.41, 5.74) is 0. The Hall–Kier alpha value is -0.530. The van der Waals surface area contributed by atoms with Crippen LogP contribution in [-0.2, 0) is 9.53 Å². The molecule has 0 amide bonds. The van der Waals surface area contributed by atoms with Crippen molar-refractivity contribution in [1.82, 2.24) is 0 Å². The summed E-state index contributed by atoms with van der Waals surface area (Å²) in [6.45, 7) is 7.51. The van der Waals surface area contributed by atoms with Crippen LogP contribution in [-0.4, -0.2) is 12.6 Å². The van der Waals surface area contributed by atoms with Gasteiger partial charge in [-0.25, -0.2) is 0 Å². The number of ether oxygens (including phenoxy) is 1. The molecule has 0 aromatic heterocycles. The highest BCUT2D eigenvalue weighted by Gasteiger charge is 2.19. The van der Waals surface area contributed by atoms with Crippen molar-refractivity contribution in [3.05, 3.63) is 0 Å². The summed E-state index contributed by atoms with van der Waals surface area (Å²) in [4.78, 5) is 13.0. The lowest BCUT2D eigenvalue weighted by molar-refractivity contribution is -0.149. The van der Waals surface area contributed by atoms with Gasteiger partial charge in [0.25, 0.3) is 0 Å². The Bertz CT molecular complexity index is 502. The Morgan fingerprint density at radius 1 is 0.357 bits per heavy atom. The number of esters is 1. The number of rotatable bonds is 36. The second-order valence-electron chi connectivity index (χ2n) is 13.7. The number of carbonyl (C=O) groups is 1. The lowest BCUT2D eigenvalue weighted by Gasteiger charge is -2.16. The molecule has 1 atom stereocenters. The van der Waals surface area contributed by atoms with Gasteiger partial charge in [-0.3, -0.25) is 4.79 Å². The SMILES string of the molecule is CCCCCCCCCCCCCCC(CCCCCCCCCCCC)C(=O)OCCCCCCCCCCCC. The highest BCUT2D eigenvalue weighted by molar-refractivity contribution is 5.72. The smallest absolute Gasteiger partial charge is 0.308 e. The van der Waals surface area contributed by atoms with Crippen LogP contribution in [0.3, 0.4) is 0 Å². The van der Waals surface area contributed by atoms with Crippen LogP contribution in [0.5, 0.6) is 0 Å². The Morgan fingerprint density at radius 3 is 0.881 bits per heavy atom. The quantitative estimate of drug-likeness (QED) is 0.0534. The van der Waals surface area contributed by atoms with Crippen molar-refractivity contribution >= 4 is 5.97 Å². The second kappa shape index (κ2) is 36.7. The molecule has 0 saturated carbocycles. The summed E-state index contributed by atoms with van der Waals surface area (Å²) in [7, 11) is 0. The predicted octanol–water partition coefficient (Wildman–Crippen LogP) is 14.5. The van der Waals surface area contributed by atoms with Gasteiger partial charge in [-0.1, -0.05) is 220 Å². The van der Waals surface area contributed by atoms with Gasteiger partial charge >= 0.3 is 5.97 Å². The van der Waals surface area contributed by atoms with Crippen molar-refractivity contribution < 1.29 is 9.53 Å². The van der Waals surface area contributed by atoms with E-state index in [9.17, 15) is 4.79 Å². The van der Waals surface area contributed by atoms with Crippen LogP contribution in [0.4, 0.5) is 0 Å². The van der Waals surface area contributed by atoms with Gasteiger partial charge < -0.3 is 4.74 Å². The summed E-state index contributed by atoms with van der Waals surface area (Å²) >= 11 is 0. The zero-order valence-electron chi connectivity index (χ0n) is 29.6. The first kappa shape index (κ1) is 41.5. The van der Waals surface area contributed by atoms with Crippen LogP contribution in [0.1, 0.15) is 239 Å². The topological polar surface area (TPSA) is 26.3 Å².